The van der Waals surface area contributed by atoms with Gasteiger partial charge in [0.2, 0.25) is 11.8 Å². The highest BCUT2D eigenvalue weighted by molar-refractivity contribution is 5.92. The highest BCUT2D eigenvalue weighted by Gasteiger charge is 2.39. The Labute approximate surface area is 70.7 Å². The van der Waals surface area contributed by atoms with Crippen LogP contribution >= 0.6 is 0 Å². The molecule has 66 valence electrons. The van der Waals surface area contributed by atoms with Crippen LogP contribution in [0.25, 0.3) is 0 Å². The molecule has 0 aromatic heterocycles. The Morgan fingerprint density at radius 2 is 1.33 bits per heavy atom. The standard InChI is InChI=1S/C8H12N2O2/c11-7-5-3-1-2-4-6(5)8(12)10-9-7/h5-6H,1-4H2,(H,9,11)(H,10,12)/t5-,6+. The number of carbonyl (C=O) groups is 2. The molecule has 12 heavy (non-hydrogen) atoms. The minimum absolute atomic E-state index is 0.0145. The third-order valence-corrected chi connectivity index (χ3v) is 2.75. The second kappa shape index (κ2) is 2.77. The molecule has 0 aromatic carbocycles. The van der Waals surface area contributed by atoms with E-state index in [1.165, 1.54) is 0 Å². The summed E-state index contributed by atoms with van der Waals surface area (Å²) in [4.78, 5) is 22.5. The van der Waals surface area contributed by atoms with Gasteiger partial charge in [-0.3, -0.25) is 20.4 Å². The lowest BCUT2D eigenvalue weighted by Crippen LogP contribution is -2.56. The van der Waals surface area contributed by atoms with Crippen LogP contribution in [0.5, 0.6) is 0 Å². The third kappa shape index (κ3) is 1.07. The Morgan fingerprint density at radius 3 is 1.75 bits per heavy atom. The monoisotopic (exact) mass is 168 g/mol. The average Bonchev–Trinajstić information content (AvgIpc) is 2.12. The van der Waals surface area contributed by atoms with E-state index in [1.54, 1.807) is 0 Å². The lowest BCUT2D eigenvalue weighted by Gasteiger charge is -2.33. The van der Waals surface area contributed by atoms with Gasteiger partial charge in [-0.25, -0.2) is 0 Å². The van der Waals surface area contributed by atoms with Gasteiger partial charge < -0.3 is 0 Å². The summed E-state index contributed by atoms with van der Waals surface area (Å²) in [7, 11) is 0. The first-order valence-corrected chi connectivity index (χ1v) is 4.39. The molecule has 0 aromatic rings. The summed E-state index contributed by atoms with van der Waals surface area (Å²) in [6.45, 7) is 0. The van der Waals surface area contributed by atoms with Crippen LogP contribution in [-0.4, -0.2) is 11.8 Å². The molecule has 2 N–H and O–H groups in total. The molecule has 0 spiro atoms. The zero-order valence-corrected chi connectivity index (χ0v) is 6.80. The van der Waals surface area contributed by atoms with Crippen molar-refractivity contribution in [1.82, 2.24) is 10.9 Å². The first-order chi connectivity index (χ1) is 5.79. The van der Waals surface area contributed by atoms with Gasteiger partial charge in [0.1, 0.15) is 0 Å². The molecule has 2 amide bonds. The van der Waals surface area contributed by atoms with Crippen LogP contribution in [-0.2, 0) is 9.59 Å². The summed E-state index contributed by atoms with van der Waals surface area (Å²) in [5, 5.41) is 0. The van der Waals surface area contributed by atoms with Gasteiger partial charge in [-0.05, 0) is 12.8 Å². The van der Waals surface area contributed by atoms with Crippen LogP contribution in [0.1, 0.15) is 25.7 Å². The fraction of sp³-hybridized carbons (Fsp3) is 0.750. The molecule has 1 saturated heterocycles. The van der Waals surface area contributed by atoms with E-state index in [9.17, 15) is 9.59 Å². The summed E-state index contributed by atoms with van der Waals surface area (Å²) in [5.74, 6) is -0.154. The van der Waals surface area contributed by atoms with E-state index < -0.39 is 0 Å². The predicted molar refractivity (Wildman–Crippen MR) is 41.7 cm³/mol. The van der Waals surface area contributed by atoms with Gasteiger partial charge in [0, 0.05) is 0 Å². The van der Waals surface area contributed by atoms with Crippen LogP contribution < -0.4 is 10.9 Å². The molecule has 4 heteroatoms. The van der Waals surface area contributed by atoms with E-state index in [4.69, 9.17) is 0 Å². The number of hydrazine groups is 1. The molecule has 0 radical (unpaired) electrons. The molecule has 2 atom stereocenters. The second-order valence-electron chi connectivity index (χ2n) is 3.48. The van der Waals surface area contributed by atoms with Crippen LogP contribution in [0.4, 0.5) is 0 Å². The fourth-order valence-electron chi connectivity index (χ4n) is 2.07. The molecule has 2 aliphatic rings. The van der Waals surface area contributed by atoms with Gasteiger partial charge in [-0.2, -0.15) is 0 Å². The largest absolute Gasteiger partial charge is 0.273 e. The minimum Gasteiger partial charge on any atom is -0.273 e. The molecule has 4 nitrogen and oxygen atoms in total. The van der Waals surface area contributed by atoms with Crippen molar-refractivity contribution < 1.29 is 9.59 Å². The van der Waals surface area contributed by atoms with Gasteiger partial charge in [0.05, 0.1) is 11.8 Å². The maximum absolute atomic E-state index is 11.2. The normalized spacial score (nSPS) is 35.0. The topological polar surface area (TPSA) is 58.2 Å². The smallest absolute Gasteiger partial charge is 0.242 e. The lowest BCUT2D eigenvalue weighted by atomic mass is 9.77. The highest BCUT2D eigenvalue weighted by Crippen LogP contribution is 2.31. The van der Waals surface area contributed by atoms with Crippen molar-refractivity contribution in [3.05, 3.63) is 0 Å². The Hall–Kier alpha value is -1.06. The van der Waals surface area contributed by atoms with E-state index >= 15 is 0 Å². The van der Waals surface area contributed by atoms with E-state index in [2.05, 4.69) is 10.9 Å². The lowest BCUT2D eigenvalue weighted by molar-refractivity contribution is -0.144. The second-order valence-corrected chi connectivity index (χ2v) is 3.48. The van der Waals surface area contributed by atoms with E-state index in [0.29, 0.717) is 0 Å². The van der Waals surface area contributed by atoms with Crippen molar-refractivity contribution in [2.45, 2.75) is 25.7 Å². The predicted octanol–water partition coefficient (Wildman–Crippen LogP) is -0.0462. The van der Waals surface area contributed by atoms with Gasteiger partial charge >= 0.3 is 0 Å². The van der Waals surface area contributed by atoms with Crippen molar-refractivity contribution in [3.8, 4) is 0 Å². The van der Waals surface area contributed by atoms with Crippen molar-refractivity contribution in [2.75, 3.05) is 0 Å². The molecule has 1 aliphatic heterocycles. The molecular formula is C8H12N2O2. The Kier molecular flexibility index (Phi) is 1.75. The first-order valence-electron chi connectivity index (χ1n) is 4.39. The van der Waals surface area contributed by atoms with Gasteiger partial charge in [0.15, 0.2) is 0 Å². The molecule has 0 bridgehead atoms. The third-order valence-electron chi connectivity index (χ3n) is 2.75. The first kappa shape index (κ1) is 7.58. The summed E-state index contributed by atoms with van der Waals surface area (Å²) < 4.78 is 0. The number of nitrogens with one attached hydrogen (secondary N) is 2. The van der Waals surface area contributed by atoms with Crippen molar-refractivity contribution >= 4 is 11.8 Å². The molecule has 1 saturated carbocycles. The molecule has 0 unspecified atom stereocenters. The molecule has 1 heterocycles. The average molecular weight is 168 g/mol. The fourth-order valence-corrected chi connectivity index (χ4v) is 2.07. The van der Waals surface area contributed by atoms with Crippen molar-refractivity contribution in [1.29, 1.82) is 0 Å². The number of fused-ring (bicyclic) bond motifs is 1. The Bertz CT molecular complexity index is 203. The minimum atomic E-state index is -0.0625. The van der Waals surface area contributed by atoms with E-state index in [1.807, 2.05) is 0 Å². The van der Waals surface area contributed by atoms with E-state index in [-0.39, 0.29) is 23.7 Å². The zero-order valence-electron chi connectivity index (χ0n) is 6.80. The maximum atomic E-state index is 11.2. The Balaban J connectivity index is 2.16. The summed E-state index contributed by atoms with van der Waals surface area (Å²) in [6, 6.07) is 0. The molecule has 2 rings (SSSR count). The maximum Gasteiger partial charge on any atom is 0.242 e. The number of hydrogen-bond donors (Lipinski definition) is 2. The van der Waals surface area contributed by atoms with Crippen LogP contribution in [0, 0.1) is 11.8 Å². The van der Waals surface area contributed by atoms with Crippen LogP contribution in [0.15, 0.2) is 0 Å². The quantitative estimate of drug-likeness (QED) is 0.533. The molecular weight excluding hydrogens is 156 g/mol. The van der Waals surface area contributed by atoms with Crippen molar-refractivity contribution in [3.63, 3.8) is 0 Å². The molecule has 2 fully saturated rings. The number of carbonyl (C=O) groups excluding carboxylic acids is 2. The number of hydrogen-bond acceptors (Lipinski definition) is 2. The Morgan fingerprint density at radius 1 is 0.917 bits per heavy atom. The van der Waals surface area contributed by atoms with Crippen LogP contribution in [0.2, 0.25) is 0 Å². The number of rotatable bonds is 0. The van der Waals surface area contributed by atoms with Gasteiger partial charge in [0.25, 0.3) is 0 Å². The summed E-state index contributed by atoms with van der Waals surface area (Å²) in [6.07, 6.45) is 3.87. The summed E-state index contributed by atoms with van der Waals surface area (Å²) in [5.41, 5.74) is 4.78. The zero-order chi connectivity index (χ0) is 8.55. The SMILES string of the molecule is O=C1NNC(=O)[C@@H]2CCCC[C@H]12. The van der Waals surface area contributed by atoms with Crippen molar-refractivity contribution in [2.24, 2.45) is 11.8 Å². The van der Waals surface area contributed by atoms with Gasteiger partial charge in [-0.15, -0.1) is 0 Å². The summed E-state index contributed by atoms with van der Waals surface area (Å²) >= 11 is 0. The number of amides is 2. The molecule has 1 aliphatic carbocycles. The van der Waals surface area contributed by atoms with Crippen LogP contribution in [0.3, 0.4) is 0 Å². The van der Waals surface area contributed by atoms with E-state index in [0.717, 1.165) is 25.7 Å². The highest BCUT2D eigenvalue weighted by atomic mass is 16.2. The van der Waals surface area contributed by atoms with Gasteiger partial charge in [-0.1, -0.05) is 12.8 Å².